The summed E-state index contributed by atoms with van der Waals surface area (Å²) in [5.74, 6) is -0.495. The van der Waals surface area contributed by atoms with Crippen LogP contribution in [0, 0.1) is 17.8 Å². The van der Waals surface area contributed by atoms with Crippen LogP contribution in [0.4, 0.5) is 4.79 Å². The fraction of sp³-hybridized carbons (Fsp3) is 0.875. The maximum Gasteiger partial charge on any atom is 0.315 e. The Bertz CT molecular complexity index is 342. The van der Waals surface area contributed by atoms with Gasteiger partial charge in [-0.2, -0.15) is 0 Å². The van der Waals surface area contributed by atoms with E-state index in [1.807, 2.05) is 6.92 Å². The molecule has 5 heteroatoms. The zero-order chi connectivity index (χ0) is 15.8. The molecule has 0 bridgehead atoms. The van der Waals surface area contributed by atoms with Crippen molar-refractivity contribution in [3.05, 3.63) is 0 Å². The van der Waals surface area contributed by atoms with E-state index in [1.54, 1.807) is 0 Å². The summed E-state index contributed by atoms with van der Waals surface area (Å²) >= 11 is 0. The largest absolute Gasteiger partial charge is 0.481 e. The van der Waals surface area contributed by atoms with Crippen molar-refractivity contribution in [3.8, 4) is 0 Å². The van der Waals surface area contributed by atoms with Gasteiger partial charge in [0.15, 0.2) is 0 Å². The molecule has 1 aliphatic rings. The second kappa shape index (κ2) is 8.90. The highest BCUT2D eigenvalue weighted by molar-refractivity contribution is 5.74. The Morgan fingerprint density at radius 1 is 1.19 bits per heavy atom. The molecule has 0 spiro atoms. The molecule has 3 unspecified atom stereocenters. The van der Waals surface area contributed by atoms with E-state index < -0.39 is 5.97 Å². The molecule has 0 saturated heterocycles. The minimum atomic E-state index is -0.729. The predicted octanol–water partition coefficient (Wildman–Crippen LogP) is 3.00. The van der Waals surface area contributed by atoms with Gasteiger partial charge in [-0.05, 0) is 31.6 Å². The molecule has 0 aromatic carbocycles. The van der Waals surface area contributed by atoms with Gasteiger partial charge >= 0.3 is 12.0 Å². The second-order valence-electron chi connectivity index (χ2n) is 6.21. The van der Waals surface area contributed by atoms with Crippen molar-refractivity contribution in [1.82, 2.24) is 10.6 Å². The molecule has 1 saturated carbocycles. The van der Waals surface area contributed by atoms with Crippen LogP contribution in [0.2, 0.25) is 0 Å². The standard InChI is InChI=1S/C16H30N2O3/c1-4-12(5-2)11(3)18-16(21)17-10-13-8-6-7-9-14(13)15(19)20/h11-14H,4-10H2,1-3H3,(H,19,20)(H2,17,18,21). The van der Waals surface area contributed by atoms with Crippen molar-refractivity contribution in [2.24, 2.45) is 17.8 Å². The van der Waals surface area contributed by atoms with Gasteiger partial charge in [-0.25, -0.2) is 4.79 Å². The topological polar surface area (TPSA) is 78.4 Å². The molecule has 0 heterocycles. The number of hydrogen-bond acceptors (Lipinski definition) is 2. The third-order valence-electron chi connectivity index (χ3n) is 4.87. The molecule has 0 aromatic heterocycles. The van der Waals surface area contributed by atoms with E-state index in [-0.39, 0.29) is 23.9 Å². The van der Waals surface area contributed by atoms with Crippen LogP contribution < -0.4 is 10.6 Å². The highest BCUT2D eigenvalue weighted by Gasteiger charge is 2.30. The molecule has 3 atom stereocenters. The zero-order valence-electron chi connectivity index (χ0n) is 13.5. The molecule has 0 radical (unpaired) electrons. The van der Waals surface area contributed by atoms with E-state index in [1.165, 1.54) is 0 Å². The summed E-state index contributed by atoms with van der Waals surface area (Å²) in [5, 5.41) is 15.1. The van der Waals surface area contributed by atoms with Crippen LogP contribution in [0.15, 0.2) is 0 Å². The molecule has 3 N–H and O–H groups in total. The molecule has 1 aliphatic carbocycles. The van der Waals surface area contributed by atoms with Crippen LogP contribution >= 0.6 is 0 Å². The number of rotatable bonds is 7. The van der Waals surface area contributed by atoms with Gasteiger partial charge < -0.3 is 15.7 Å². The number of carbonyl (C=O) groups excluding carboxylic acids is 1. The number of carboxylic acids is 1. The molecule has 1 fully saturated rings. The fourth-order valence-electron chi connectivity index (χ4n) is 3.37. The number of urea groups is 1. The van der Waals surface area contributed by atoms with Crippen molar-refractivity contribution in [2.45, 2.75) is 65.3 Å². The first-order valence-corrected chi connectivity index (χ1v) is 8.26. The van der Waals surface area contributed by atoms with E-state index in [2.05, 4.69) is 24.5 Å². The number of hydrogen-bond donors (Lipinski definition) is 3. The zero-order valence-corrected chi connectivity index (χ0v) is 13.5. The fourth-order valence-corrected chi connectivity index (χ4v) is 3.37. The average molecular weight is 298 g/mol. The number of carbonyl (C=O) groups is 2. The van der Waals surface area contributed by atoms with E-state index in [0.717, 1.165) is 38.5 Å². The van der Waals surface area contributed by atoms with Crippen molar-refractivity contribution in [3.63, 3.8) is 0 Å². The average Bonchev–Trinajstić information content (AvgIpc) is 2.46. The number of carboxylic acid groups (broad SMARTS) is 1. The Kier molecular flexibility index (Phi) is 7.54. The summed E-state index contributed by atoms with van der Waals surface area (Å²) in [7, 11) is 0. The third-order valence-corrected chi connectivity index (χ3v) is 4.87. The summed E-state index contributed by atoms with van der Waals surface area (Å²) in [4.78, 5) is 23.2. The van der Waals surface area contributed by atoms with Crippen LogP contribution in [0.1, 0.15) is 59.3 Å². The van der Waals surface area contributed by atoms with Crippen molar-refractivity contribution in [2.75, 3.05) is 6.54 Å². The second-order valence-corrected chi connectivity index (χ2v) is 6.21. The summed E-state index contributed by atoms with van der Waals surface area (Å²) in [5.41, 5.74) is 0. The van der Waals surface area contributed by atoms with E-state index in [4.69, 9.17) is 0 Å². The van der Waals surface area contributed by atoms with Crippen molar-refractivity contribution >= 4 is 12.0 Å². The summed E-state index contributed by atoms with van der Waals surface area (Å²) in [6.07, 6.45) is 5.74. The predicted molar refractivity (Wildman–Crippen MR) is 83.2 cm³/mol. The van der Waals surface area contributed by atoms with Gasteiger partial charge in [0, 0.05) is 12.6 Å². The third kappa shape index (κ3) is 5.56. The lowest BCUT2D eigenvalue weighted by Crippen LogP contribution is -2.46. The van der Waals surface area contributed by atoms with Gasteiger partial charge in [-0.15, -0.1) is 0 Å². The summed E-state index contributed by atoms with van der Waals surface area (Å²) in [6.45, 7) is 6.74. The lowest BCUT2D eigenvalue weighted by Gasteiger charge is -2.29. The van der Waals surface area contributed by atoms with Crippen molar-refractivity contribution in [1.29, 1.82) is 0 Å². The Balaban J connectivity index is 2.39. The Morgan fingerprint density at radius 2 is 1.81 bits per heavy atom. The first-order valence-electron chi connectivity index (χ1n) is 8.26. The first-order chi connectivity index (χ1) is 9.99. The first kappa shape index (κ1) is 17.8. The van der Waals surface area contributed by atoms with Gasteiger partial charge in [0.25, 0.3) is 0 Å². The smallest absolute Gasteiger partial charge is 0.315 e. The van der Waals surface area contributed by atoms with E-state index in [0.29, 0.717) is 12.5 Å². The maximum atomic E-state index is 11.9. The van der Waals surface area contributed by atoms with Crippen LogP contribution in [-0.2, 0) is 4.79 Å². The number of amides is 2. The van der Waals surface area contributed by atoms with Crippen LogP contribution in [0.25, 0.3) is 0 Å². The van der Waals surface area contributed by atoms with Gasteiger partial charge in [-0.1, -0.05) is 39.5 Å². The molecule has 122 valence electrons. The number of nitrogens with one attached hydrogen (secondary N) is 2. The monoisotopic (exact) mass is 298 g/mol. The Morgan fingerprint density at radius 3 is 2.38 bits per heavy atom. The molecule has 1 rings (SSSR count). The highest BCUT2D eigenvalue weighted by Crippen LogP contribution is 2.29. The Labute approximate surface area is 127 Å². The molecule has 0 aliphatic heterocycles. The Hall–Kier alpha value is -1.26. The normalized spacial score (nSPS) is 23.6. The molecule has 0 aromatic rings. The van der Waals surface area contributed by atoms with Crippen molar-refractivity contribution < 1.29 is 14.7 Å². The number of aliphatic carboxylic acids is 1. The van der Waals surface area contributed by atoms with Crippen LogP contribution in [0.3, 0.4) is 0 Å². The molecular formula is C16H30N2O3. The van der Waals surface area contributed by atoms with Gasteiger partial charge in [0.2, 0.25) is 0 Å². The van der Waals surface area contributed by atoms with Gasteiger partial charge in [0.05, 0.1) is 5.92 Å². The molecule has 5 nitrogen and oxygen atoms in total. The maximum absolute atomic E-state index is 11.9. The molecule has 21 heavy (non-hydrogen) atoms. The lowest BCUT2D eigenvalue weighted by molar-refractivity contribution is -0.144. The van der Waals surface area contributed by atoms with Gasteiger partial charge in [-0.3, -0.25) is 4.79 Å². The van der Waals surface area contributed by atoms with Crippen LogP contribution in [0.5, 0.6) is 0 Å². The quantitative estimate of drug-likeness (QED) is 0.676. The van der Waals surface area contributed by atoms with Crippen LogP contribution in [-0.4, -0.2) is 29.7 Å². The summed E-state index contributed by atoms with van der Waals surface area (Å²) < 4.78 is 0. The molecular weight excluding hydrogens is 268 g/mol. The highest BCUT2D eigenvalue weighted by atomic mass is 16.4. The SMILES string of the molecule is CCC(CC)C(C)NC(=O)NCC1CCCCC1C(=O)O. The van der Waals surface area contributed by atoms with E-state index >= 15 is 0 Å². The van der Waals surface area contributed by atoms with E-state index in [9.17, 15) is 14.7 Å². The lowest BCUT2D eigenvalue weighted by atomic mass is 9.79. The minimum absolute atomic E-state index is 0.0606. The minimum Gasteiger partial charge on any atom is -0.481 e. The summed E-state index contributed by atoms with van der Waals surface area (Å²) in [6, 6.07) is -0.0364. The van der Waals surface area contributed by atoms with Gasteiger partial charge in [0.1, 0.15) is 0 Å². The molecule has 2 amide bonds.